The highest BCUT2D eigenvalue weighted by atomic mass is 32.1. The van der Waals surface area contributed by atoms with Gasteiger partial charge in [0, 0.05) is 17.7 Å². The summed E-state index contributed by atoms with van der Waals surface area (Å²) in [6.45, 7) is 1.88. The molecule has 1 heterocycles. The van der Waals surface area contributed by atoms with Gasteiger partial charge in [-0.15, -0.1) is 11.3 Å². The van der Waals surface area contributed by atoms with Gasteiger partial charge in [-0.1, -0.05) is 30.3 Å². The lowest BCUT2D eigenvalue weighted by atomic mass is 10.1. The number of aryl methyl sites for hydroxylation is 1. The minimum Gasteiger partial charge on any atom is -0.457 e. The van der Waals surface area contributed by atoms with Crippen LogP contribution in [0.2, 0.25) is 0 Å². The standard InChI is InChI=1S/C18H14N2O4S/c1-12-19-16(14-5-3-2-4-6-14)17(25-12)18(21)24-11-13-7-9-15(10-8-13)20(22)23/h2-10H,11H2,1H3. The summed E-state index contributed by atoms with van der Waals surface area (Å²) in [5.41, 5.74) is 2.15. The summed E-state index contributed by atoms with van der Waals surface area (Å²) in [4.78, 5) is 27.5. The van der Waals surface area contributed by atoms with Gasteiger partial charge in [-0.3, -0.25) is 10.1 Å². The summed E-state index contributed by atoms with van der Waals surface area (Å²) in [7, 11) is 0. The van der Waals surface area contributed by atoms with Gasteiger partial charge in [-0.2, -0.15) is 0 Å². The molecule has 0 aliphatic rings. The van der Waals surface area contributed by atoms with Gasteiger partial charge in [0.25, 0.3) is 5.69 Å². The first-order valence-electron chi connectivity index (χ1n) is 7.48. The van der Waals surface area contributed by atoms with E-state index in [4.69, 9.17) is 4.74 Å². The predicted molar refractivity (Wildman–Crippen MR) is 94.5 cm³/mol. The third kappa shape index (κ3) is 3.89. The predicted octanol–water partition coefficient (Wildman–Crippen LogP) is 4.38. The molecule has 6 nitrogen and oxygen atoms in total. The Morgan fingerprint density at radius 3 is 2.48 bits per heavy atom. The number of esters is 1. The van der Waals surface area contributed by atoms with Crippen LogP contribution in [0.5, 0.6) is 0 Å². The number of non-ortho nitro benzene ring substituents is 1. The van der Waals surface area contributed by atoms with Gasteiger partial charge in [0.05, 0.1) is 15.6 Å². The maximum absolute atomic E-state index is 12.4. The molecule has 2 aromatic carbocycles. The number of hydrogen-bond acceptors (Lipinski definition) is 6. The highest BCUT2D eigenvalue weighted by Gasteiger charge is 2.19. The number of nitrogens with zero attached hydrogens (tertiary/aromatic N) is 2. The second kappa shape index (κ2) is 7.23. The Labute approximate surface area is 147 Å². The molecule has 0 bridgehead atoms. The van der Waals surface area contributed by atoms with Crippen LogP contribution >= 0.6 is 11.3 Å². The molecule has 0 amide bonds. The van der Waals surface area contributed by atoms with E-state index >= 15 is 0 Å². The fourth-order valence-corrected chi connectivity index (χ4v) is 3.12. The van der Waals surface area contributed by atoms with Gasteiger partial charge in [0.2, 0.25) is 0 Å². The molecule has 0 unspecified atom stereocenters. The van der Waals surface area contributed by atoms with Crippen molar-refractivity contribution < 1.29 is 14.5 Å². The highest BCUT2D eigenvalue weighted by Crippen LogP contribution is 2.28. The van der Waals surface area contributed by atoms with E-state index < -0.39 is 10.9 Å². The van der Waals surface area contributed by atoms with Crippen LogP contribution in [-0.4, -0.2) is 15.9 Å². The van der Waals surface area contributed by atoms with Crippen molar-refractivity contribution in [1.82, 2.24) is 4.98 Å². The number of thiazole rings is 1. The SMILES string of the molecule is Cc1nc(-c2ccccc2)c(C(=O)OCc2ccc([N+](=O)[O-])cc2)s1. The molecule has 0 saturated heterocycles. The van der Waals surface area contributed by atoms with Crippen molar-refractivity contribution in [2.45, 2.75) is 13.5 Å². The zero-order chi connectivity index (χ0) is 17.8. The van der Waals surface area contributed by atoms with Gasteiger partial charge in [0.1, 0.15) is 11.5 Å². The van der Waals surface area contributed by atoms with Gasteiger partial charge < -0.3 is 4.74 Å². The second-order valence-electron chi connectivity index (χ2n) is 5.28. The number of aromatic nitrogens is 1. The minimum absolute atomic E-state index is 0.000443. The number of carbonyl (C=O) groups excluding carboxylic acids is 1. The second-order valence-corrected chi connectivity index (χ2v) is 6.48. The van der Waals surface area contributed by atoms with Gasteiger partial charge >= 0.3 is 5.97 Å². The number of benzene rings is 2. The van der Waals surface area contributed by atoms with E-state index in [2.05, 4.69) is 4.98 Å². The molecular weight excluding hydrogens is 340 g/mol. The fraction of sp³-hybridized carbons (Fsp3) is 0.111. The Morgan fingerprint density at radius 1 is 1.16 bits per heavy atom. The van der Waals surface area contributed by atoms with E-state index in [1.807, 2.05) is 37.3 Å². The molecule has 0 aliphatic carbocycles. The van der Waals surface area contributed by atoms with E-state index in [-0.39, 0.29) is 12.3 Å². The van der Waals surface area contributed by atoms with Crippen LogP contribution < -0.4 is 0 Å². The largest absolute Gasteiger partial charge is 0.457 e. The number of nitro benzene ring substituents is 1. The van der Waals surface area contributed by atoms with Crippen LogP contribution in [0, 0.1) is 17.0 Å². The molecule has 1 aromatic heterocycles. The Morgan fingerprint density at radius 2 is 1.84 bits per heavy atom. The van der Waals surface area contributed by atoms with Crippen molar-refractivity contribution in [3.8, 4) is 11.3 Å². The molecule has 0 N–H and O–H groups in total. The molecule has 0 fully saturated rings. The van der Waals surface area contributed by atoms with Crippen LogP contribution in [-0.2, 0) is 11.3 Å². The van der Waals surface area contributed by atoms with E-state index in [1.54, 1.807) is 12.1 Å². The quantitative estimate of drug-likeness (QED) is 0.386. The third-order valence-corrected chi connectivity index (χ3v) is 4.43. The molecule has 0 radical (unpaired) electrons. The smallest absolute Gasteiger partial charge is 0.350 e. The van der Waals surface area contributed by atoms with Crippen molar-refractivity contribution in [3.05, 3.63) is 80.2 Å². The summed E-state index contributed by atoms with van der Waals surface area (Å²) in [6.07, 6.45) is 0. The molecular formula is C18H14N2O4S. The lowest BCUT2D eigenvalue weighted by Crippen LogP contribution is -2.05. The third-order valence-electron chi connectivity index (χ3n) is 3.48. The first-order chi connectivity index (χ1) is 12.0. The summed E-state index contributed by atoms with van der Waals surface area (Å²) in [5, 5.41) is 11.4. The van der Waals surface area contributed by atoms with Crippen molar-refractivity contribution in [2.75, 3.05) is 0 Å². The lowest BCUT2D eigenvalue weighted by molar-refractivity contribution is -0.384. The normalized spacial score (nSPS) is 10.4. The Hall–Kier alpha value is -3.06. The van der Waals surface area contributed by atoms with Crippen molar-refractivity contribution >= 4 is 23.0 Å². The molecule has 7 heteroatoms. The Kier molecular flexibility index (Phi) is 4.85. The first kappa shape index (κ1) is 16.8. The van der Waals surface area contributed by atoms with E-state index in [9.17, 15) is 14.9 Å². The maximum atomic E-state index is 12.4. The van der Waals surface area contributed by atoms with Crippen LogP contribution in [0.15, 0.2) is 54.6 Å². The van der Waals surface area contributed by atoms with Crippen LogP contribution in [0.3, 0.4) is 0 Å². The highest BCUT2D eigenvalue weighted by molar-refractivity contribution is 7.14. The average Bonchev–Trinajstić information content (AvgIpc) is 3.02. The van der Waals surface area contributed by atoms with Crippen molar-refractivity contribution in [1.29, 1.82) is 0 Å². The molecule has 3 rings (SSSR count). The summed E-state index contributed by atoms with van der Waals surface area (Å²) in [5.74, 6) is -0.456. The number of ether oxygens (including phenoxy) is 1. The molecule has 25 heavy (non-hydrogen) atoms. The molecule has 0 atom stereocenters. The van der Waals surface area contributed by atoms with Crippen molar-refractivity contribution in [3.63, 3.8) is 0 Å². The van der Waals surface area contributed by atoms with Gasteiger partial charge in [-0.05, 0) is 24.6 Å². The topological polar surface area (TPSA) is 82.3 Å². The van der Waals surface area contributed by atoms with Gasteiger partial charge in [0.15, 0.2) is 0 Å². The Balaban J connectivity index is 1.75. The monoisotopic (exact) mass is 354 g/mol. The molecule has 0 aliphatic heterocycles. The molecule has 3 aromatic rings. The molecule has 126 valence electrons. The number of hydrogen-bond donors (Lipinski definition) is 0. The van der Waals surface area contributed by atoms with Gasteiger partial charge in [-0.25, -0.2) is 9.78 Å². The van der Waals surface area contributed by atoms with Crippen LogP contribution in [0.1, 0.15) is 20.2 Å². The van der Waals surface area contributed by atoms with Crippen LogP contribution in [0.4, 0.5) is 5.69 Å². The molecule has 0 saturated carbocycles. The zero-order valence-electron chi connectivity index (χ0n) is 13.3. The zero-order valence-corrected chi connectivity index (χ0v) is 14.2. The molecule has 0 spiro atoms. The summed E-state index contributed by atoms with van der Waals surface area (Å²) < 4.78 is 5.35. The van der Waals surface area contributed by atoms with Crippen LogP contribution in [0.25, 0.3) is 11.3 Å². The number of carbonyl (C=O) groups is 1. The minimum atomic E-state index is -0.470. The maximum Gasteiger partial charge on any atom is 0.350 e. The number of rotatable bonds is 5. The Bertz CT molecular complexity index is 905. The average molecular weight is 354 g/mol. The first-order valence-corrected chi connectivity index (χ1v) is 8.29. The summed E-state index contributed by atoms with van der Waals surface area (Å²) >= 11 is 1.28. The number of nitro groups is 1. The van der Waals surface area contributed by atoms with E-state index in [0.29, 0.717) is 16.1 Å². The van der Waals surface area contributed by atoms with E-state index in [0.717, 1.165) is 10.6 Å². The fourth-order valence-electron chi connectivity index (χ4n) is 2.29. The van der Waals surface area contributed by atoms with E-state index in [1.165, 1.54) is 23.5 Å². The lowest BCUT2D eigenvalue weighted by Gasteiger charge is -2.05. The summed E-state index contributed by atoms with van der Waals surface area (Å²) in [6, 6.07) is 15.4. The van der Waals surface area contributed by atoms with Crippen molar-refractivity contribution in [2.24, 2.45) is 0 Å².